The number of rotatable bonds is 4. The van der Waals surface area contributed by atoms with Gasteiger partial charge in [-0.2, -0.15) is 13.2 Å². The van der Waals surface area contributed by atoms with Crippen LogP contribution in [0.25, 0.3) is 0 Å². The van der Waals surface area contributed by atoms with E-state index in [4.69, 9.17) is 0 Å². The van der Waals surface area contributed by atoms with Gasteiger partial charge in [-0.3, -0.25) is 4.90 Å². The van der Waals surface area contributed by atoms with E-state index in [0.29, 0.717) is 6.42 Å². The Kier molecular flexibility index (Phi) is 4.70. The number of likely N-dealkylation sites (N-methyl/N-ethyl adjacent to an activating group) is 1. The highest BCUT2D eigenvalue weighted by atomic mass is 19.4. The summed E-state index contributed by atoms with van der Waals surface area (Å²) in [5, 5.41) is 9.28. The highest BCUT2D eigenvalue weighted by Gasteiger charge is 2.32. The van der Waals surface area contributed by atoms with Crippen molar-refractivity contribution < 1.29 is 18.3 Å². The molecule has 0 spiro atoms. The standard InChI is InChI=1S/C8H16F3NO/c1-4-7(13)6(2)12(3)5-8(9,10)11/h6-7,13H,4-5H2,1-3H3. The predicted molar refractivity (Wildman–Crippen MR) is 44.4 cm³/mol. The van der Waals surface area contributed by atoms with Crippen molar-refractivity contribution in [3.63, 3.8) is 0 Å². The molecule has 80 valence electrons. The lowest BCUT2D eigenvalue weighted by atomic mass is 10.1. The monoisotopic (exact) mass is 199 g/mol. The van der Waals surface area contributed by atoms with Crippen LogP contribution in [0.1, 0.15) is 20.3 Å². The highest BCUT2D eigenvalue weighted by molar-refractivity contribution is 4.73. The van der Waals surface area contributed by atoms with E-state index >= 15 is 0 Å². The van der Waals surface area contributed by atoms with Gasteiger partial charge in [-0.25, -0.2) is 0 Å². The Labute approximate surface area is 76.3 Å². The third-order valence-corrected chi connectivity index (χ3v) is 2.10. The fraction of sp³-hybridized carbons (Fsp3) is 1.00. The molecule has 0 amide bonds. The minimum absolute atomic E-state index is 0.462. The van der Waals surface area contributed by atoms with Crippen LogP contribution in [0.15, 0.2) is 0 Å². The first-order chi connectivity index (χ1) is 5.78. The van der Waals surface area contributed by atoms with Gasteiger partial charge < -0.3 is 5.11 Å². The SMILES string of the molecule is CCC(O)C(C)N(C)CC(F)(F)F. The average molecular weight is 199 g/mol. The minimum Gasteiger partial charge on any atom is -0.392 e. The van der Waals surface area contributed by atoms with Crippen LogP contribution in [0.3, 0.4) is 0 Å². The molecule has 0 aromatic rings. The van der Waals surface area contributed by atoms with Crippen LogP contribution >= 0.6 is 0 Å². The zero-order valence-electron chi connectivity index (χ0n) is 8.10. The summed E-state index contributed by atoms with van der Waals surface area (Å²) in [6.45, 7) is 2.34. The molecule has 0 aliphatic rings. The molecule has 2 atom stereocenters. The second-order valence-corrected chi connectivity index (χ2v) is 3.25. The van der Waals surface area contributed by atoms with Crippen LogP contribution in [-0.2, 0) is 0 Å². The van der Waals surface area contributed by atoms with E-state index in [1.165, 1.54) is 7.05 Å². The molecule has 0 aromatic carbocycles. The third kappa shape index (κ3) is 5.10. The van der Waals surface area contributed by atoms with E-state index in [9.17, 15) is 18.3 Å². The van der Waals surface area contributed by atoms with E-state index < -0.39 is 24.9 Å². The summed E-state index contributed by atoms with van der Waals surface area (Å²) < 4.78 is 35.7. The van der Waals surface area contributed by atoms with Crippen LogP contribution in [0, 0.1) is 0 Å². The average Bonchev–Trinajstić information content (AvgIpc) is 1.98. The van der Waals surface area contributed by atoms with Crippen molar-refractivity contribution in [2.75, 3.05) is 13.6 Å². The fourth-order valence-electron chi connectivity index (χ4n) is 1.06. The van der Waals surface area contributed by atoms with Gasteiger partial charge in [-0.05, 0) is 20.4 Å². The molecule has 2 nitrogen and oxygen atoms in total. The summed E-state index contributed by atoms with van der Waals surface area (Å²) in [6, 6.07) is -0.466. The first-order valence-electron chi connectivity index (χ1n) is 4.23. The lowest BCUT2D eigenvalue weighted by Gasteiger charge is -2.28. The molecule has 13 heavy (non-hydrogen) atoms. The van der Waals surface area contributed by atoms with Crippen molar-refractivity contribution in [3.05, 3.63) is 0 Å². The van der Waals surface area contributed by atoms with Crippen molar-refractivity contribution in [1.82, 2.24) is 4.90 Å². The molecule has 0 heterocycles. The topological polar surface area (TPSA) is 23.5 Å². The van der Waals surface area contributed by atoms with Crippen molar-refractivity contribution >= 4 is 0 Å². The number of aliphatic hydroxyl groups excluding tert-OH is 1. The first-order valence-corrected chi connectivity index (χ1v) is 4.23. The van der Waals surface area contributed by atoms with E-state index in [2.05, 4.69) is 0 Å². The maximum Gasteiger partial charge on any atom is 0.401 e. The number of hydrogen-bond acceptors (Lipinski definition) is 2. The number of aliphatic hydroxyl groups is 1. The molecule has 0 saturated heterocycles. The number of nitrogens with zero attached hydrogens (tertiary/aromatic N) is 1. The minimum atomic E-state index is -4.20. The van der Waals surface area contributed by atoms with E-state index in [1.807, 2.05) is 0 Å². The fourth-order valence-corrected chi connectivity index (χ4v) is 1.06. The van der Waals surface area contributed by atoms with Gasteiger partial charge >= 0.3 is 6.18 Å². The van der Waals surface area contributed by atoms with Crippen LogP contribution in [-0.4, -0.2) is 41.9 Å². The van der Waals surface area contributed by atoms with Gasteiger partial charge in [0.1, 0.15) is 0 Å². The predicted octanol–water partition coefficient (Wildman–Crippen LogP) is 1.64. The second kappa shape index (κ2) is 4.81. The normalized spacial score (nSPS) is 17.5. The van der Waals surface area contributed by atoms with E-state index in [-0.39, 0.29) is 0 Å². The Balaban J connectivity index is 4.03. The summed E-state index contributed by atoms with van der Waals surface area (Å²) in [4.78, 5) is 1.11. The first kappa shape index (κ1) is 12.7. The zero-order valence-corrected chi connectivity index (χ0v) is 8.10. The Morgan fingerprint density at radius 1 is 1.38 bits per heavy atom. The summed E-state index contributed by atoms with van der Waals surface area (Å²) in [6.07, 6.45) is -4.44. The van der Waals surface area contributed by atoms with Crippen molar-refractivity contribution in [1.29, 1.82) is 0 Å². The van der Waals surface area contributed by atoms with Crippen molar-refractivity contribution in [2.24, 2.45) is 0 Å². The molecular formula is C8H16F3NO. The smallest absolute Gasteiger partial charge is 0.392 e. The van der Waals surface area contributed by atoms with Crippen molar-refractivity contribution in [2.45, 2.75) is 38.6 Å². The van der Waals surface area contributed by atoms with Gasteiger partial charge in [0, 0.05) is 6.04 Å². The Morgan fingerprint density at radius 2 is 1.85 bits per heavy atom. The maximum atomic E-state index is 11.9. The molecule has 0 radical (unpaired) electrons. The third-order valence-electron chi connectivity index (χ3n) is 2.10. The molecule has 0 bridgehead atoms. The van der Waals surface area contributed by atoms with Crippen molar-refractivity contribution in [3.8, 4) is 0 Å². The highest BCUT2D eigenvalue weighted by Crippen LogP contribution is 2.18. The van der Waals surface area contributed by atoms with Gasteiger partial charge in [-0.15, -0.1) is 0 Å². The molecule has 0 aromatic heterocycles. The maximum absolute atomic E-state index is 11.9. The summed E-state index contributed by atoms with van der Waals surface area (Å²) >= 11 is 0. The molecular weight excluding hydrogens is 183 g/mol. The lowest BCUT2D eigenvalue weighted by molar-refractivity contribution is -0.150. The molecule has 5 heteroatoms. The number of hydrogen-bond donors (Lipinski definition) is 1. The molecule has 2 unspecified atom stereocenters. The molecule has 0 rings (SSSR count). The number of alkyl halides is 3. The van der Waals surface area contributed by atoms with Gasteiger partial charge in [0.15, 0.2) is 0 Å². The van der Waals surface area contributed by atoms with Crippen LogP contribution in [0.2, 0.25) is 0 Å². The van der Waals surface area contributed by atoms with Crippen LogP contribution in [0.5, 0.6) is 0 Å². The van der Waals surface area contributed by atoms with Crippen LogP contribution < -0.4 is 0 Å². The molecule has 0 fully saturated rings. The van der Waals surface area contributed by atoms with Gasteiger partial charge in [-0.1, -0.05) is 6.92 Å². The second-order valence-electron chi connectivity index (χ2n) is 3.25. The summed E-state index contributed by atoms with van der Waals surface area (Å²) in [7, 11) is 1.36. The Bertz CT molecular complexity index is 149. The Morgan fingerprint density at radius 3 is 2.15 bits per heavy atom. The quantitative estimate of drug-likeness (QED) is 0.744. The van der Waals surface area contributed by atoms with Crippen LogP contribution in [0.4, 0.5) is 13.2 Å². The molecule has 0 aliphatic heterocycles. The Hall–Kier alpha value is -0.290. The molecule has 0 saturated carbocycles. The van der Waals surface area contributed by atoms with E-state index in [0.717, 1.165) is 4.90 Å². The van der Waals surface area contributed by atoms with Gasteiger partial charge in [0.25, 0.3) is 0 Å². The number of halogens is 3. The van der Waals surface area contributed by atoms with Gasteiger partial charge in [0.05, 0.1) is 12.6 Å². The largest absolute Gasteiger partial charge is 0.401 e. The van der Waals surface area contributed by atoms with E-state index in [1.54, 1.807) is 13.8 Å². The van der Waals surface area contributed by atoms with Gasteiger partial charge in [0.2, 0.25) is 0 Å². The molecule has 1 N–H and O–H groups in total. The summed E-state index contributed by atoms with van der Waals surface area (Å²) in [5.74, 6) is 0. The summed E-state index contributed by atoms with van der Waals surface area (Å²) in [5.41, 5.74) is 0. The molecule has 0 aliphatic carbocycles. The lowest BCUT2D eigenvalue weighted by Crippen LogP contribution is -2.43. The zero-order chi connectivity index (χ0) is 10.6.